The number of nitrogens with one attached hydrogen (secondary N) is 2. The molecule has 1 saturated carbocycles. The highest BCUT2D eigenvalue weighted by molar-refractivity contribution is 5.76. The summed E-state index contributed by atoms with van der Waals surface area (Å²) in [5.41, 5.74) is 4.70. The second kappa shape index (κ2) is 5.69. The van der Waals surface area contributed by atoms with E-state index in [-0.39, 0.29) is 12.5 Å². The van der Waals surface area contributed by atoms with Crippen molar-refractivity contribution in [2.24, 2.45) is 5.73 Å². The zero-order valence-corrected chi connectivity index (χ0v) is 9.29. The Kier molecular flexibility index (Phi) is 4.54. The van der Waals surface area contributed by atoms with E-state index in [1.54, 1.807) is 0 Å². The summed E-state index contributed by atoms with van der Waals surface area (Å²) >= 11 is 0. The molecule has 92 valence electrons. The molecule has 0 aromatic heterocycles. The summed E-state index contributed by atoms with van der Waals surface area (Å²) in [6.07, 6.45) is 3.38. The maximum Gasteiger partial charge on any atom is 0.315 e. The van der Waals surface area contributed by atoms with Crippen LogP contribution in [0, 0.1) is 0 Å². The molecule has 1 fully saturated rings. The van der Waals surface area contributed by atoms with Gasteiger partial charge in [-0.05, 0) is 12.8 Å². The predicted octanol–water partition coefficient (Wildman–Crippen LogP) is 0.0318. The lowest BCUT2D eigenvalue weighted by molar-refractivity contribution is -0.138. The van der Waals surface area contributed by atoms with Crippen LogP contribution in [-0.4, -0.2) is 35.7 Å². The molecule has 0 heterocycles. The molecule has 0 unspecified atom stereocenters. The fourth-order valence-electron chi connectivity index (χ4n) is 2.16. The third-order valence-electron chi connectivity index (χ3n) is 2.86. The Bertz CT molecular complexity index is 262. The highest BCUT2D eigenvalue weighted by Crippen LogP contribution is 2.32. The number of urea groups is 1. The van der Waals surface area contributed by atoms with Gasteiger partial charge in [0.2, 0.25) is 0 Å². The lowest BCUT2D eigenvalue weighted by Crippen LogP contribution is -2.52. The Balaban J connectivity index is 2.50. The second-order valence-electron chi connectivity index (χ2n) is 4.23. The third kappa shape index (κ3) is 3.69. The van der Waals surface area contributed by atoms with Gasteiger partial charge in [0.1, 0.15) is 0 Å². The van der Waals surface area contributed by atoms with Crippen LogP contribution in [-0.2, 0) is 4.79 Å². The molecule has 2 amide bonds. The zero-order valence-electron chi connectivity index (χ0n) is 9.29. The first kappa shape index (κ1) is 12.8. The van der Waals surface area contributed by atoms with Crippen LogP contribution in [0.4, 0.5) is 4.79 Å². The summed E-state index contributed by atoms with van der Waals surface area (Å²) in [7, 11) is 0. The highest BCUT2D eigenvalue weighted by atomic mass is 16.4. The number of aliphatic carboxylic acids is 1. The Labute approximate surface area is 94.6 Å². The van der Waals surface area contributed by atoms with Gasteiger partial charge in [0.05, 0.1) is 12.0 Å². The quantitative estimate of drug-likeness (QED) is 0.534. The van der Waals surface area contributed by atoms with Crippen LogP contribution in [0.1, 0.15) is 32.1 Å². The molecule has 1 aliphatic rings. The van der Waals surface area contributed by atoms with Crippen LogP contribution in [0.5, 0.6) is 0 Å². The highest BCUT2D eigenvalue weighted by Gasteiger charge is 2.37. The first-order chi connectivity index (χ1) is 7.58. The van der Waals surface area contributed by atoms with Crippen LogP contribution >= 0.6 is 0 Å². The molecule has 0 aromatic carbocycles. The molecule has 0 aromatic rings. The Hall–Kier alpha value is -1.30. The predicted molar refractivity (Wildman–Crippen MR) is 59.0 cm³/mol. The smallest absolute Gasteiger partial charge is 0.315 e. The summed E-state index contributed by atoms with van der Waals surface area (Å²) in [6, 6.07) is -0.325. The standard InChI is InChI=1S/C10H19N3O3/c11-5-6-12-9(16)13-10(7-8(14)15)3-1-2-4-10/h1-7,11H2,(H,14,15)(H2,12,13,16). The molecule has 5 N–H and O–H groups in total. The number of rotatable bonds is 5. The number of carbonyl (C=O) groups is 2. The molecule has 1 aliphatic carbocycles. The Morgan fingerprint density at radius 2 is 1.94 bits per heavy atom. The van der Waals surface area contributed by atoms with E-state index in [1.807, 2.05) is 0 Å². The van der Waals surface area contributed by atoms with Gasteiger partial charge in [-0.15, -0.1) is 0 Å². The topological polar surface area (TPSA) is 104 Å². The van der Waals surface area contributed by atoms with Crippen molar-refractivity contribution in [2.45, 2.75) is 37.6 Å². The molecule has 0 atom stereocenters. The molecule has 1 rings (SSSR count). The van der Waals surface area contributed by atoms with Crippen LogP contribution < -0.4 is 16.4 Å². The van der Waals surface area contributed by atoms with Crippen molar-refractivity contribution >= 4 is 12.0 Å². The molecule has 0 radical (unpaired) electrons. The van der Waals surface area contributed by atoms with E-state index >= 15 is 0 Å². The summed E-state index contributed by atoms with van der Waals surface area (Å²) in [6.45, 7) is 0.772. The average Bonchev–Trinajstić information content (AvgIpc) is 2.62. The van der Waals surface area contributed by atoms with Gasteiger partial charge in [0.15, 0.2) is 0 Å². The zero-order chi connectivity index (χ0) is 12.0. The molecular weight excluding hydrogens is 210 g/mol. The van der Waals surface area contributed by atoms with Gasteiger partial charge >= 0.3 is 12.0 Å². The van der Waals surface area contributed by atoms with Crippen LogP contribution in [0.25, 0.3) is 0 Å². The molecule has 0 aliphatic heterocycles. The number of nitrogens with two attached hydrogens (primary N) is 1. The van der Waals surface area contributed by atoms with Gasteiger partial charge in [0, 0.05) is 13.1 Å². The molecular formula is C10H19N3O3. The lowest BCUT2D eigenvalue weighted by Gasteiger charge is -2.28. The third-order valence-corrected chi connectivity index (χ3v) is 2.86. The minimum Gasteiger partial charge on any atom is -0.481 e. The van der Waals surface area contributed by atoms with Crippen LogP contribution in [0.15, 0.2) is 0 Å². The number of amides is 2. The summed E-state index contributed by atoms with van der Waals surface area (Å²) in [5.74, 6) is -0.874. The Morgan fingerprint density at radius 3 is 2.44 bits per heavy atom. The number of hydrogen-bond donors (Lipinski definition) is 4. The van der Waals surface area contributed by atoms with E-state index in [4.69, 9.17) is 10.8 Å². The lowest BCUT2D eigenvalue weighted by atomic mass is 9.93. The number of carboxylic acids is 1. The van der Waals surface area contributed by atoms with Crippen molar-refractivity contribution < 1.29 is 14.7 Å². The fraction of sp³-hybridized carbons (Fsp3) is 0.800. The summed E-state index contributed by atoms with van der Waals surface area (Å²) < 4.78 is 0. The average molecular weight is 229 g/mol. The molecule has 0 spiro atoms. The SMILES string of the molecule is NCCNC(=O)NC1(CC(=O)O)CCCC1. The van der Waals surface area contributed by atoms with E-state index in [2.05, 4.69) is 10.6 Å². The normalized spacial score (nSPS) is 18.1. The molecule has 6 heteroatoms. The van der Waals surface area contributed by atoms with Crippen LogP contribution in [0.3, 0.4) is 0 Å². The number of carbonyl (C=O) groups excluding carboxylic acids is 1. The fourth-order valence-corrected chi connectivity index (χ4v) is 2.16. The van der Waals surface area contributed by atoms with Gasteiger partial charge in [-0.25, -0.2) is 4.79 Å². The first-order valence-electron chi connectivity index (χ1n) is 5.56. The van der Waals surface area contributed by atoms with Gasteiger partial charge in [-0.3, -0.25) is 4.79 Å². The van der Waals surface area contributed by atoms with Crippen molar-refractivity contribution in [3.8, 4) is 0 Å². The molecule has 0 saturated heterocycles. The van der Waals surface area contributed by atoms with Gasteiger partial charge < -0.3 is 21.5 Å². The van der Waals surface area contributed by atoms with E-state index in [0.29, 0.717) is 13.1 Å². The maximum atomic E-state index is 11.5. The van der Waals surface area contributed by atoms with Gasteiger partial charge in [-0.1, -0.05) is 12.8 Å². The van der Waals surface area contributed by atoms with Crippen LogP contribution in [0.2, 0.25) is 0 Å². The van der Waals surface area contributed by atoms with E-state index in [0.717, 1.165) is 25.7 Å². The number of hydrogen-bond acceptors (Lipinski definition) is 3. The van der Waals surface area contributed by atoms with Gasteiger partial charge in [0.25, 0.3) is 0 Å². The molecule has 6 nitrogen and oxygen atoms in total. The van der Waals surface area contributed by atoms with Crippen molar-refractivity contribution in [3.05, 3.63) is 0 Å². The van der Waals surface area contributed by atoms with Gasteiger partial charge in [-0.2, -0.15) is 0 Å². The van der Waals surface area contributed by atoms with E-state index in [1.165, 1.54) is 0 Å². The van der Waals surface area contributed by atoms with E-state index < -0.39 is 11.5 Å². The van der Waals surface area contributed by atoms with Crippen molar-refractivity contribution in [1.82, 2.24) is 10.6 Å². The van der Waals surface area contributed by atoms with Crippen molar-refractivity contribution in [3.63, 3.8) is 0 Å². The molecule has 16 heavy (non-hydrogen) atoms. The summed E-state index contributed by atoms with van der Waals surface area (Å²) in [4.78, 5) is 22.2. The van der Waals surface area contributed by atoms with Crippen molar-refractivity contribution in [1.29, 1.82) is 0 Å². The molecule has 0 bridgehead atoms. The maximum absolute atomic E-state index is 11.5. The van der Waals surface area contributed by atoms with E-state index in [9.17, 15) is 9.59 Å². The minimum absolute atomic E-state index is 0.0109. The summed E-state index contributed by atoms with van der Waals surface area (Å²) in [5, 5.41) is 14.2. The second-order valence-corrected chi connectivity index (χ2v) is 4.23. The largest absolute Gasteiger partial charge is 0.481 e. The minimum atomic E-state index is -0.874. The number of carboxylic acid groups (broad SMARTS) is 1. The van der Waals surface area contributed by atoms with Crippen molar-refractivity contribution in [2.75, 3.05) is 13.1 Å². The first-order valence-corrected chi connectivity index (χ1v) is 5.56. The monoisotopic (exact) mass is 229 g/mol. The Morgan fingerprint density at radius 1 is 1.31 bits per heavy atom.